The number of carbonyl (C=O) groups excluding carboxylic acids is 2. The first kappa shape index (κ1) is 26.0. The number of carbonyl (C=O) groups is 2. The summed E-state index contributed by atoms with van der Waals surface area (Å²) in [5.74, 6) is 1.79. The number of hydrazone groups is 1. The van der Waals surface area contributed by atoms with Crippen LogP contribution in [0, 0.1) is 0 Å². The van der Waals surface area contributed by atoms with E-state index >= 15 is 0 Å². The molecule has 4 rings (SSSR count). The number of anilines is 1. The number of nitrogens with one attached hydrogen (secondary N) is 1. The minimum atomic E-state index is -0.0955. The molecule has 0 bridgehead atoms. The number of amides is 2. The number of nitrogens with zero attached hydrogens (tertiary/aromatic N) is 4. The maximum absolute atomic E-state index is 12.5. The largest absolute Gasteiger partial charge is 0.493 e. The van der Waals surface area contributed by atoms with Crippen LogP contribution in [-0.4, -0.2) is 90.9 Å². The van der Waals surface area contributed by atoms with Gasteiger partial charge in [0.25, 0.3) is 0 Å². The van der Waals surface area contributed by atoms with Crippen LogP contribution >= 0.6 is 11.8 Å². The monoisotopic (exact) mass is 511 g/mol. The second-order valence-electron chi connectivity index (χ2n) is 8.78. The number of methoxy groups -OCH3 is 1. The van der Waals surface area contributed by atoms with Crippen molar-refractivity contribution in [2.24, 2.45) is 5.10 Å². The van der Waals surface area contributed by atoms with Crippen molar-refractivity contribution in [1.82, 2.24) is 14.8 Å². The fraction of sp³-hybridized carbons (Fsp3) is 0.423. The van der Waals surface area contributed by atoms with Crippen LogP contribution in [0.3, 0.4) is 0 Å². The van der Waals surface area contributed by atoms with Gasteiger partial charge < -0.3 is 19.7 Å². The van der Waals surface area contributed by atoms with Crippen molar-refractivity contribution < 1.29 is 19.1 Å². The van der Waals surface area contributed by atoms with Crippen molar-refractivity contribution in [3.63, 3.8) is 0 Å². The molecule has 2 heterocycles. The maximum Gasteiger partial charge on any atom is 0.302 e. The van der Waals surface area contributed by atoms with Crippen molar-refractivity contribution in [2.75, 3.05) is 64.6 Å². The second-order valence-corrected chi connectivity index (χ2v) is 9.71. The Morgan fingerprint density at radius 2 is 1.83 bits per heavy atom. The van der Waals surface area contributed by atoms with Crippen molar-refractivity contribution in [3.8, 4) is 11.5 Å². The molecule has 2 amide bonds. The fourth-order valence-electron chi connectivity index (χ4n) is 4.06. The lowest BCUT2D eigenvalue weighted by Gasteiger charge is -2.31. The molecule has 9 nitrogen and oxygen atoms in total. The van der Waals surface area contributed by atoms with E-state index < -0.39 is 0 Å². The van der Waals surface area contributed by atoms with Gasteiger partial charge in [0, 0.05) is 43.2 Å². The molecule has 0 aromatic heterocycles. The molecule has 36 heavy (non-hydrogen) atoms. The molecular formula is C26H33N5O4S. The van der Waals surface area contributed by atoms with Crippen LogP contribution in [0.1, 0.15) is 18.1 Å². The van der Waals surface area contributed by atoms with Crippen LogP contribution in [0.15, 0.2) is 47.6 Å². The van der Waals surface area contributed by atoms with Crippen LogP contribution in [0.4, 0.5) is 10.5 Å². The lowest BCUT2D eigenvalue weighted by molar-refractivity contribution is -0.117. The lowest BCUT2D eigenvalue weighted by atomic mass is 10.1. The van der Waals surface area contributed by atoms with Gasteiger partial charge in [-0.25, -0.2) is 5.01 Å². The highest BCUT2D eigenvalue weighted by Gasteiger charge is 2.23. The third kappa shape index (κ3) is 6.77. The molecule has 1 fully saturated rings. The van der Waals surface area contributed by atoms with E-state index in [9.17, 15) is 9.59 Å². The standard InChI is InChI=1S/C26H33N5O4S/c1-4-35-24-15-20(7-10-23(24)34-3)22-18-36-26(33)31(28-22)16-19-5-8-21(9-6-19)27-25(32)17-30-13-11-29(2)12-14-30/h5-10,15H,4,11-14,16-18H2,1-3H3,(H,27,32). The van der Waals surface area contributed by atoms with Gasteiger partial charge in [0.1, 0.15) is 0 Å². The van der Waals surface area contributed by atoms with E-state index in [1.807, 2.05) is 49.4 Å². The topological polar surface area (TPSA) is 86.7 Å². The number of likely N-dealkylation sites (N-methyl/N-ethyl adjacent to an activating group) is 1. The lowest BCUT2D eigenvalue weighted by Crippen LogP contribution is -2.47. The van der Waals surface area contributed by atoms with E-state index in [1.165, 1.54) is 16.8 Å². The van der Waals surface area contributed by atoms with Gasteiger partial charge in [-0.05, 0) is 49.9 Å². The minimum Gasteiger partial charge on any atom is -0.493 e. The Labute approximate surface area is 216 Å². The Kier molecular flexibility index (Phi) is 8.84. The van der Waals surface area contributed by atoms with Crippen LogP contribution < -0.4 is 14.8 Å². The van der Waals surface area contributed by atoms with Crippen LogP contribution in [-0.2, 0) is 11.3 Å². The summed E-state index contributed by atoms with van der Waals surface area (Å²) in [6.45, 7) is 6.94. The zero-order chi connectivity index (χ0) is 25.5. The Hall–Kier alpha value is -3.08. The molecule has 0 saturated carbocycles. The highest BCUT2D eigenvalue weighted by Crippen LogP contribution is 2.30. The third-order valence-corrected chi connectivity index (χ3v) is 6.99. The quantitative estimate of drug-likeness (QED) is 0.553. The zero-order valence-electron chi connectivity index (χ0n) is 21.0. The average Bonchev–Trinajstić information content (AvgIpc) is 2.88. The number of benzene rings is 2. The zero-order valence-corrected chi connectivity index (χ0v) is 21.8. The highest BCUT2D eigenvalue weighted by atomic mass is 32.2. The number of rotatable bonds is 9. The molecule has 2 aliphatic heterocycles. The van der Waals surface area contributed by atoms with E-state index in [0.29, 0.717) is 36.9 Å². The maximum atomic E-state index is 12.5. The third-order valence-electron chi connectivity index (χ3n) is 6.11. The SMILES string of the molecule is CCOc1cc(C2=NN(Cc3ccc(NC(=O)CN4CCN(C)CC4)cc3)C(=O)SC2)ccc1OC. The first-order chi connectivity index (χ1) is 17.4. The van der Waals surface area contributed by atoms with E-state index in [2.05, 4.69) is 27.3 Å². The number of hydrogen-bond donors (Lipinski definition) is 1. The highest BCUT2D eigenvalue weighted by molar-refractivity contribution is 8.14. The molecule has 1 saturated heterocycles. The summed E-state index contributed by atoms with van der Waals surface area (Å²) in [5.41, 5.74) is 3.36. The molecule has 0 unspecified atom stereocenters. The normalized spacial score (nSPS) is 17.0. The van der Waals surface area contributed by atoms with Crippen LogP contribution in [0.25, 0.3) is 0 Å². The molecule has 0 spiro atoms. The minimum absolute atomic E-state index is 0.0185. The molecule has 0 radical (unpaired) electrons. The number of hydrogen-bond acceptors (Lipinski definition) is 8. The van der Waals surface area contributed by atoms with Crippen molar-refractivity contribution in [3.05, 3.63) is 53.6 Å². The molecule has 2 aliphatic rings. The summed E-state index contributed by atoms with van der Waals surface area (Å²) < 4.78 is 11.1. The van der Waals surface area contributed by atoms with E-state index in [0.717, 1.165) is 48.7 Å². The molecule has 0 atom stereocenters. The van der Waals surface area contributed by atoms with Gasteiger partial charge in [0.2, 0.25) is 5.91 Å². The molecule has 2 aromatic rings. The molecular weight excluding hydrogens is 478 g/mol. The Morgan fingerprint density at radius 3 is 2.53 bits per heavy atom. The second kappa shape index (κ2) is 12.2. The number of thioether (sulfide) groups is 1. The van der Waals surface area contributed by atoms with Gasteiger partial charge in [-0.3, -0.25) is 14.5 Å². The first-order valence-electron chi connectivity index (χ1n) is 12.1. The van der Waals surface area contributed by atoms with Crippen LogP contribution in [0.5, 0.6) is 11.5 Å². The molecule has 192 valence electrons. The van der Waals surface area contributed by atoms with E-state index in [-0.39, 0.29) is 11.1 Å². The van der Waals surface area contributed by atoms with Crippen LogP contribution in [0.2, 0.25) is 0 Å². The summed E-state index contributed by atoms with van der Waals surface area (Å²) in [7, 11) is 3.70. The van der Waals surface area contributed by atoms with Crippen molar-refractivity contribution >= 4 is 34.3 Å². The van der Waals surface area contributed by atoms with Crippen molar-refractivity contribution in [2.45, 2.75) is 13.5 Å². The summed E-state index contributed by atoms with van der Waals surface area (Å²) in [6, 6.07) is 13.2. The summed E-state index contributed by atoms with van der Waals surface area (Å²) in [5, 5.41) is 8.98. The Balaban J connectivity index is 1.38. The predicted octanol–water partition coefficient (Wildman–Crippen LogP) is 3.35. The van der Waals surface area contributed by atoms with Gasteiger partial charge in [-0.2, -0.15) is 5.10 Å². The predicted molar refractivity (Wildman–Crippen MR) is 143 cm³/mol. The smallest absolute Gasteiger partial charge is 0.302 e. The Morgan fingerprint density at radius 1 is 1.08 bits per heavy atom. The summed E-state index contributed by atoms with van der Waals surface area (Å²) in [6.07, 6.45) is 0. The molecule has 10 heteroatoms. The number of piperazine rings is 1. The van der Waals surface area contributed by atoms with Crippen molar-refractivity contribution in [1.29, 1.82) is 0 Å². The summed E-state index contributed by atoms with van der Waals surface area (Å²) in [4.78, 5) is 29.4. The molecule has 1 N–H and O–H groups in total. The van der Waals surface area contributed by atoms with E-state index in [1.54, 1.807) is 7.11 Å². The van der Waals surface area contributed by atoms with Gasteiger partial charge >= 0.3 is 5.24 Å². The van der Waals surface area contributed by atoms with Gasteiger partial charge in [0.15, 0.2) is 11.5 Å². The average molecular weight is 512 g/mol. The molecule has 0 aliphatic carbocycles. The fourth-order valence-corrected chi connectivity index (χ4v) is 4.80. The summed E-state index contributed by atoms with van der Waals surface area (Å²) >= 11 is 1.23. The Bertz CT molecular complexity index is 1100. The first-order valence-corrected chi connectivity index (χ1v) is 13.1. The van der Waals surface area contributed by atoms with Gasteiger partial charge in [0.05, 0.1) is 32.5 Å². The van der Waals surface area contributed by atoms with Gasteiger partial charge in [-0.1, -0.05) is 23.9 Å². The molecule has 2 aromatic carbocycles. The number of ether oxygens (including phenoxy) is 2. The van der Waals surface area contributed by atoms with Gasteiger partial charge in [-0.15, -0.1) is 0 Å². The van der Waals surface area contributed by atoms with E-state index in [4.69, 9.17) is 9.47 Å².